The van der Waals surface area contributed by atoms with E-state index in [4.69, 9.17) is 0 Å². The van der Waals surface area contributed by atoms with Crippen LogP contribution in [-0.4, -0.2) is 43.8 Å². The quantitative estimate of drug-likeness (QED) is 0.808. The summed E-state index contributed by atoms with van der Waals surface area (Å²) in [7, 11) is 0. The highest BCUT2D eigenvalue weighted by atomic mass is 19.4. The standard InChI is InChI=1S/C11H21F3N2/c1-3-16(9-11(12,13)14)8-10(2)4-6-15-7-5-10/h15H,3-9H2,1-2H3. The zero-order valence-corrected chi connectivity index (χ0v) is 10.0. The topological polar surface area (TPSA) is 15.3 Å². The molecular weight excluding hydrogens is 217 g/mol. The van der Waals surface area contributed by atoms with Crippen LogP contribution >= 0.6 is 0 Å². The van der Waals surface area contributed by atoms with Gasteiger partial charge in [-0.05, 0) is 37.9 Å². The van der Waals surface area contributed by atoms with Gasteiger partial charge in [-0.3, -0.25) is 4.90 Å². The van der Waals surface area contributed by atoms with Crippen molar-refractivity contribution >= 4 is 0 Å². The zero-order valence-electron chi connectivity index (χ0n) is 10.0. The van der Waals surface area contributed by atoms with Gasteiger partial charge in [-0.2, -0.15) is 13.2 Å². The third-order valence-electron chi connectivity index (χ3n) is 3.27. The molecule has 1 aliphatic rings. The summed E-state index contributed by atoms with van der Waals surface area (Å²) in [6, 6.07) is 0. The molecule has 0 aromatic rings. The summed E-state index contributed by atoms with van der Waals surface area (Å²) < 4.78 is 37.0. The predicted molar refractivity (Wildman–Crippen MR) is 58.4 cm³/mol. The zero-order chi connectivity index (χ0) is 12.2. The van der Waals surface area contributed by atoms with E-state index in [2.05, 4.69) is 12.2 Å². The van der Waals surface area contributed by atoms with E-state index in [1.807, 2.05) is 0 Å². The summed E-state index contributed by atoms with van der Waals surface area (Å²) in [5, 5.41) is 3.24. The Kier molecular flexibility index (Phi) is 4.62. The molecule has 0 amide bonds. The van der Waals surface area contributed by atoms with Crippen LogP contribution in [0.2, 0.25) is 0 Å². The van der Waals surface area contributed by atoms with Crippen molar-refractivity contribution in [2.24, 2.45) is 5.41 Å². The summed E-state index contributed by atoms with van der Waals surface area (Å²) in [4.78, 5) is 1.51. The van der Waals surface area contributed by atoms with Crippen LogP contribution in [0.5, 0.6) is 0 Å². The molecule has 0 aromatic carbocycles. The van der Waals surface area contributed by atoms with Gasteiger partial charge in [-0.1, -0.05) is 13.8 Å². The number of hydrogen-bond acceptors (Lipinski definition) is 2. The number of rotatable bonds is 4. The van der Waals surface area contributed by atoms with Crippen LogP contribution in [0.1, 0.15) is 26.7 Å². The van der Waals surface area contributed by atoms with E-state index in [1.165, 1.54) is 4.90 Å². The molecule has 0 aromatic heterocycles. The van der Waals surface area contributed by atoms with Crippen LogP contribution in [0.3, 0.4) is 0 Å². The number of halogens is 3. The van der Waals surface area contributed by atoms with Crippen molar-refractivity contribution in [2.45, 2.75) is 32.9 Å². The lowest BCUT2D eigenvalue weighted by molar-refractivity contribution is -0.148. The molecule has 5 heteroatoms. The lowest BCUT2D eigenvalue weighted by Gasteiger charge is -2.38. The van der Waals surface area contributed by atoms with Crippen LogP contribution in [0.25, 0.3) is 0 Å². The average molecular weight is 238 g/mol. The second kappa shape index (κ2) is 5.36. The molecule has 16 heavy (non-hydrogen) atoms. The summed E-state index contributed by atoms with van der Waals surface area (Å²) in [5.41, 5.74) is 0.0342. The molecule has 1 fully saturated rings. The molecule has 0 radical (unpaired) electrons. The Morgan fingerprint density at radius 2 is 1.81 bits per heavy atom. The van der Waals surface area contributed by atoms with Gasteiger partial charge in [0.25, 0.3) is 0 Å². The van der Waals surface area contributed by atoms with Gasteiger partial charge in [0.15, 0.2) is 0 Å². The molecule has 1 heterocycles. The average Bonchev–Trinajstić information content (AvgIpc) is 2.15. The molecule has 0 unspecified atom stereocenters. The van der Waals surface area contributed by atoms with Crippen molar-refractivity contribution in [1.29, 1.82) is 0 Å². The first-order valence-corrected chi connectivity index (χ1v) is 5.84. The first-order chi connectivity index (χ1) is 7.35. The van der Waals surface area contributed by atoms with E-state index in [1.54, 1.807) is 6.92 Å². The van der Waals surface area contributed by atoms with E-state index in [-0.39, 0.29) is 5.41 Å². The predicted octanol–water partition coefficient (Wildman–Crippen LogP) is 2.26. The van der Waals surface area contributed by atoms with Crippen LogP contribution in [0, 0.1) is 5.41 Å². The largest absolute Gasteiger partial charge is 0.401 e. The molecule has 1 rings (SSSR count). The van der Waals surface area contributed by atoms with E-state index < -0.39 is 12.7 Å². The molecule has 0 saturated carbocycles. The van der Waals surface area contributed by atoms with Crippen molar-refractivity contribution in [3.8, 4) is 0 Å². The molecule has 0 atom stereocenters. The Morgan fingerprint density at radius 3 is 2.25 bits per heavy atom. The van der Waals surface area contributed by atoms with Crippen molar-refractivity contribution < 1.29 is 13.2 Å². The van der Waals surface area contributed by atoms with Crippen LogP contribution in [-0.2, 0) is 0 Å². The van der Waals surface area contributed by atoms with Gasteiger partial charge in [0.2, 0.25) is 0 Å². The van der Waals surface area contributed by atoms with Gasteiger partial charge in [0.1, 0.15) is 0 Å². The summed E-state index contributed by atoms with van der Waals surface area (Å²) in [6.45, 7) is 5.93. The fraction of sp³-hybridized carbons (Fsp3) is 1.00. The van der Waals surface area contributed by atoms with Gasteiger partial charge in [-0.25, -0.2) is 0 Å². The second-order valence-electron chi connectivity index (χ2n) is 4.98. The van der Waals surface area contributed by atoms with Gasteiger partial charge in [-0.15, -0.1) is 0 Å². The minimum absolute atomic E-state index is 0.0342. The number of nitrogens with one attached hydrogen (secondary N) is 1. The van der Waals surface area contributed by atoms with Gasteiger partial charge < -0.3 is 5.32 Å². The monoisotopic (exact) mass is 238 g/mol. The maximum Gasteiger partial charge on any atom is 0.401 e. The number of alkyl halides is 3. The van der Waals surface area contributed by atoms with Crippen LogP contribution in [0.15, 0.2) is 0 Å². The highest BCUT2D eigenvalue weighted by Crippen LogP contribution is 2.30. The Labute approximate surface area is 95.2 Å². The van der Waals surface area contributed by atoms with E-state index >= 15 is 0 Å². The molecular formula is C11H21F3N2. The van der Waals surface area contributed by atoms with E-state index in [0.29, 0.717) is 13.1 Å². The third-order valence-corrected chi connectivity index (χ3v) is 3.27. The van der Waals surface area contributed by atoms with E-state index in [9.17, 15) is 13.2 Å². The second-order valence-corrected chi connectivity index (χ2v) is 4.98. The molecule has 0 bridgehead atoms. The molecule has 0 spiro atoms. The van der Waals surface area contributed by atoms with Gasteiger partial charge >= 0.3 is 6.18 Å². The highest BCUT2D eigenvalue weighted by Gasteiger charge is 2.34. The van der Waals surface area contributed by atoms with E-state index in [0.717, 1.165) is 25.9 Å². The first-order valence-electron chi connectivity index (χ1n) is 5.84. The lowest BCUT2D eigenvalue weighted by Crippen LogP contribution is -2.45. The SMILES string of the molecule is CCN(CC(F)(F)F)CC1(C)CCNCC1. The number of hydrogen-bond donors (Lipinski definition) is 1. The molecule has 96 valence electrons. The minimum Gasteiger partial charge on any atom is -0.317 e. The fourth-order valence-electron chi connectivity index (χ4n) is 2.26. The first kappa shape index (κ1) is 13.8. The molecule has 1 saturated heterocycles. The summed E-state index contributed by atoms with van der Waals surface area (Å²) in [6.07, 6.45) is -2.16. The Bertz CT molecular complexity index is 210. The van der Waals surface area contributed by atoms with Gasteiger partial charge in [0.05, 0.1) is 6.54 Å². The smallest absolute Gasteiger partial charge is 0.317 e. The highest BCUT2D eigenvalue weighted by molar-refractivity contribution is 4.84. The Morgan fingerprint density at radius 1 is 1.25 bits per heavy atom. The molecule has 1 aliphatic heterocycles. The minimum atomic E-state index is -4.08. The van der Waals surface area contributed by atoms with Crippen molar-refractivity contribution in [3.63, 3.8) is 0 Å². The van der Waals surface area contributed by atoms with Crippen LogP contribution < -0.4 is 5.32 Å². The molecule has 2 nitrogen and oxygen atoms in total. The third kappa shape index (κ3) is 4.70. The summed E-state index contributed by atoms with van der Waals surface area (Å²) >= 11 is 0. The summed E-state index contributed by atoms with van der Waals surface area (Å²) in [5.74, 6) is 0. The fourth-order valence-corrected chi connectivity index (χ4v) is 2.26. The van der Waals surface area contributed by atoms with Crippen molar-refractivity contribution in [1.82, 2.24) is 10.2 Å². The number of piperidine rings is 1. The molecule has 1 N–H and O–H groups in total. The Balaban J connectivity index is 2.48. The van der Waals surface area contributed by atoms with Gasteiger partial charge in [0, 0.05) is 6.54 Å². The van der Waals surface area contributed by atoms with Crippen LogP contribution in [0.4, 0.5) is 13.2 Å². The maximum atomic E-state index is 12.3. The number of nitrogens with zero attached hydrogens (tertiary/aromatic N) is 1. The van der Waals surface area contributed by atoms with Crippen molar-refractivity contribution in [3.05, 3.63) is 0 Å². The van der Waals surface area contributed by atoms with Crippen molar-refractivity contribution in [2.75, 3.05) is 32.7 Å². The lowest BCUT2D eigenvalue weighted by atomic mass is 9.80. The Hall–Kier alpha value is -0.290. The normalized spacial score (nSPS) is 21.4. The molecule has 0 aliphatic carbocycles. The maximum absolute atomic E-state index is 12.3.